The summed E-state index contributed by atoms with van der Waals surface area (Å²) in [5.41, 5.74) is 0.677. The molecule has 2 aromatic carbocycles. The summed E-state index contributed by atoms with van der Waals surface area (Å²) in [5, 5.41) is 13.4. The highest BCUT2D eigenvalue weighted by molar-refractivity contribution is 7.20. The molecule has 12 nitrogen and oxygen atoms in total. The lowest BCUT2D eigenvalue weighted by molar-refractivity contribution is 0.0914. The third kappa shape index (κ3) is 6.26. The molecule has 3 amide bonds. The van der Waals surface area contributed by atoms with E-state index >= 15 is 0 Å². The molecule has 1 aliphatic rings. The van der Waals surface area contributed by atoms with Crippen LogP contribution in [-0.4, -0.2) is 49.3 Å². The number of benzene rings is 2. The van der Waals surface area contributed by atoms with Gasteiger partial charge in [-0.25, -0.2) is 9.78 Å². The van der Waals surface area contributed by atoms with Gasteiger partial charge in [-0.3, -0.25) is 14.4 Å². The molecule has 1 saturated carbocycles. The fourth-order valence-corrected chi connectivity index (χ4v) is 6.43. The minimum Gasteiger partial charge on any atom is -0.445 e. The summed E-state index contributed by atoms with van der Waals surface area (Å²) in [6, 6.07) is 17.7. The van der Waals surface area contributed by atoms with Gasteiger partial charge in [-0.2, -0.15) is 4.68 Å². The van der Waals surface area contributed by atoms with E-state index in [9.17, 15) is 19.2 Å². The molecular weight excluding hydrogens is 606 g/mol. The number of anilines is 2. The van der Waals surface area contributed by atoms with Gasteiger partial charge in [0, 0.05) is 19.4 Å². The maximum absolute atomic E-state index is 13.6. The van der Waals surface area contributed by atoms with Gasteiger partial charge in [0.05, 0.1) is 27.1 Å². The van der Waals surface area contributed by atoms with E-state index in [1.165, 1.54) is 6.20 Å². The van der Waals surface area contributed by atoms with Crippen LogP contribution in [-0.2, 0) is 17.3 Å². The van der Waals surface area contributed by atoms with Gasteiger partial charge < -0.3 is 25.3 Å². The molecule has 0 saturated heterocycles. The Hall–Kier alpha value is -5.30. The number of carbonyl (C=O) groups excluding carboxylic acids is 4. The van der Waals surface area contributed by atoms with Crippen molar-refractivity contribution in [2.45, 2.75) is 51.2 Å². The summed E-state index contributed by atoms with van der Waals surface area (Å²) in [7, 11) is 1.69. The summed E-state index contributed by atoms with van der Waals surface area (Å²) >= 11 is 1.08. The third-order valence-electron chi connectivity index (χ3n) is 7.92. The molecule has 46 heavy (non-hydrogen) atoms. The van der Waals surface area contributed by atoms with Crippen LogP contribution < -0.4 is 16.0 Å². The monoisotopic (exact) mass is 639 g/mol. The molecule has 3 N–H and O–H groups in total. The standard InChI is InChI=1S/C33H33N7O5S/c1-33(2,20-11-5-4-6-12-20)37-29(42)25-19-23-26(38-40(31(23)46-25)32(44)45-21-13-7-8-14-21)36-28(41)22-15-9-10-16-24(22)35-30(43)27-34-17-18-39(27)3/h4-6,9-12,15-19,21H,7-8,13-14H2,1-3H3,(H,35,43)(H,37,42)(H,36,38,41). The fourth-order valence-electron chi connectivity index (χ4n) is 5.43. The molecule has 0 atom stereocenters. The number of thiophene rings is 1. The topological polar surface area (TPSA) is 149 Å². The van der Waals surface area contributed by atoms with Crippen LogP contribution in [0.5, 0.6) is 0 Å². The average Bonchev–Trinajstić information content (AvgIpc) is 3.84. The zero-order valence-corrected chi connectivity index (χ0v) is 26.4. The fraction of sp³-hybridized carbons (Fsp3) is 0.273. The normalized spacial score (nSPS) is 13.5. The number of nitrogens with zero attached hydrogens (tertiary/aromatic N) is 4. The highest BCUT2D eigenvalue weighted by Gasteiger charge is 2.29. The number of amides is 3. The van der Waals surface area contributed by atoms with Gasteiger partial charge in [0.1, 0.15) is 10.9 Å². The number of aryl methyl sites for hydroxylation is 1. The second-order valence-electron chi connectivity index (χ2n) is 11.6. The highest BCUT2D eigenvalue weighted by Crippen LogP contribution is 2.34. The van der Waals surface area contributed by atoms with Gasteiger partial charge >= 0.3 is 6.09 Å². The average molecular weight is 640 g/mol. The van der Waals surface area contributed by atoms with E-state index in [0.717, 1.165) is 47.3 Å². The van der Waals surface area contributed by atoms with E-state index in [0.29, 0.717) is 15.1 Å². The Morgan fingerprint density at radius 1 is 0.935 bits per heavy atom. The van der Waals surface area contributed by atoms with Gasteiger partial charge in [0.15, 0.2) is 11.6 Å². The molecule has 3 heterocycles. The van der Waals surface area contributed by atoms with Gasteiger partial charge in [0.25, 0.3) is 17.7 Å². The van der Waals surface area contributed by atoms with Gasteiger partial charge in [0.2, 0.25) is 0 Å². The van der Waals surface area contributed by atoms with Crippen LogP contribution in [0.4, 0.5) is 16.3 Å². The van der Waals surface area contributed by atoms with E-state index in [-0.39, 0.29) is 34.9 Å². The lowest BCUT2D eigenvalue weighted by Gasteiger charge is -2.26. The van der Waals surface area contributed by atoms with E-state index in [1.807, 2.05) is 44.2 Å². The number of carbonyl (C=O) groups is 4. The van der Waals surface area contributed by atoms with Crippen molar-refractivity contribution in [3.63, 3.8) is 0 Å². The summed E-state index contributed by atoms with van der Waals surface area (Å²) in [4.78, 5) is 58.0. The Bertz CT molecular complexity index is 1940. The first-order valence-corrected chi connectivity index (χ1v) is 15.7. The van der Waals surface area contributed by atoms with E-state index in [1.54, 1.807) is 48.1 Å². The zero-order chi connectivity index (χ0) is 32.4. The Balaban J connectivity index is 1.30. The number of hydrogen-bond donors (Lipinski definition) is 3. The third-order valence-corrected chi connectivity index (χ3v) is 9.03. The first-order valence-electron chi connectivity index (χ1n) is 14.9. The highest BCUT2D eigenvalue weighted by atomic mass is 32.1. The minimum atomic E-state index is -0.682. The van der Waals surface area contributed by atoms with E-state index in [4.69, 9.17) is 4.74 Å². The molecule has 0 radical (unpaired) electrons. The Kier molecular flexibility index (Phi) is 8.41. The quantitative estimate of drug-likeness (QED) is 0.191. The first kappa shape index (κ1) is 30.7. The van der Waals surface area contributed by atoms with Gasteiger partial charge in [-0.1, -0.05) is 42.5 Å². The Morgan fingerprint density at radius 2 is 1.65 bits per heavy atom. The second-order valence-corrected chi connectivity index (χ2v) is 12.7. The van der Waals surface area contributed by atoms with Crippen LogP contribution in [0.1, 0.15) is 75.7 Å². The van der Waals surface area contributed by atoms with Crippen LogP contribution in [0.25, 0.3) is 10.2 Å². The van der Waals surface area contributed by atoms with Crippen molar-refractivity contribution in [1.29, 1.82) is 0 Å². The number of fused-ring (bicyclic) bond motifs is 1. The molecule has 0 spiro atoms. The zero-order valence-electron chi connectivity index (χ0n) is 25.6. The molecule has 0 unspecified atom stereocenters. The van der Waals surface area contributed by atoms with Crippen molar-refractivity contribution in [2.24, 2.45) is 7.05 Å². The lowest BCUT2D eigenvalue weighted by Crippen LogP contribution is -2.40. The molecule has 0 bridgehead atoms. The van der Waals surface area contributed by atoms with Crippen LogP contribution in [0, 0.1) is 0 Å². The molecule has 1 fully saturated rings. The van der Waals surface area contributed by atoms with Crippen molar-refractivity contribution in [1.82, 2.24) is 24.6 Å². The number of imidazole rings is 1. The number of hydrogen-bond acceptors (Lipinski definition) is 8. The SMILES string of the molecule is Cn1ccnc1C(=O)Nc1ccccc1C(=O)Nc1nn(C(=O)OC2CCCC2)c2sc(C(=O)NC(C)(C)c3ccccc3)cc12. The molecule has 6 rings (SSSR count). The van der Waals surface area contributed by atoms with Crippen LogP contribution >= 0.6 is 11.3 Å². The molecule has 1 aliphatic carbocycles. The van der Waals surface area contributed by atoms with Crippen LogP contribution in [0.15, 0.2) is 73.1 Å². The van der Waals surface area contributed by atoms with Crippen LogP contribution in [0.2, 0.25) is 0 Å². The van der Waals surface area contributed by atoms with Crippen molar-refractivity contribution < 1.29 is 23.9 Å². The predicted molar refractivity (Wildman–Crippen MR) is 174 cm³/mol. The molecule has 5 aromatic rings. The summed E-state index contributed by atoms with van der Waals surface area (Å²) in [6.45, 7) is 3.81. The lowest BCUT2D eigenvalue weighted by atomic mass is 9.94. The molecule has 13 heteroatoms. The number of nitrogens with one attached hydrogen (secondary N) is 3. The minimum absolute atomic E-state index is 0.0752. The van der Waals surface area contributed by atoms with Crippen molar-refractivity contribution in [3.05, 3.63) is 94.9 Å². The number of ether oxygens (including phenoxy) is 1. The molecule has 3 aromatic heterocycles. The smallest absolute Gasteiger partial charge is 0.436 e. The van der Waals surface area contributed by atoms with Gasteiger partial charge in [-0.15, -0.1) is 16.4 Å². The molecular formula is C33H33N7O5S. The molecule has 0 aliphatic heterocycles. The Labute approximate surface area is 268 Å². The number of rotatable bonds is 8. The van der Waals surface area contributed by atoms with Crippen LogP contribution in [0.3, 0.4) is 0 Å². The summed E-state index contributed by atoms with van der Waals surface area (Å²) in [6.07, 6.45) is 5.75. The summed E-state index contributed by atoms with van der Waals surface area (Å²) < 4.78 is 8.39. The van der Waals surface area contributed by atoms with Crippen molar-refractivity contribution in [3.8, 4) is 0 Å². The van der Waals surface area contributed by atoms with Crippen molar-refractivity contribution in [2.75, 3.05) is 10.6 Å². The largest absolute Gasteiger partial charge is 0.445 e. The molecule has 236 valence electrons. The van der Waals surface area contributed by atoms with E-state index in [2.05, 4.69) is 26.0 Å². The second kappa shape index (κ2) is 12.6. The van der Waals surface area contributed by atoms with Crippen molar-refractivity contribution >= 4 is 56.9 Å². The maximum Gasteiger partial charge on any atom is 0.436 e. The van der Waals surface area contributed by atoms with E-state index < -0.39 is 23.4 Å². The number of aromatic nitrogens is 4. The number of para-hydroxylation sites is 1. The summed E-state index contributed by atoms with van der Waals surface area (Å²) in [5.74, 6) is -1.15. The predicted octanol–water partition coefficient (Wildman–Crippen LogP) is 5.93. The first-order chi connectivity index (χ1) is 22.1. The maximum atomic E-state index is 13.6. The Morgan fingerprint density at radius 3 is 2.37 bits per heavy atom. The van der Waals surface area contributed by atoms with Gasteiger partial charge in [-0.05, 0) is 63.3 Å².